The lowest BCUT2D eigenvalue weighted by atomic mass is 9.85. The first-order valence-corrected chi connectivity index (χ1v) is 12.6. The van der Waals surface area contributed by atoms with Crippen molar-refractivity contribution in [3.05, 3.63) is 33.8 Å². The molecule has 1 saturated heterocycles. The van der Waals surface area contributed by atoms with Crippen molar-refractivity contribution in [1.82, 2.24) is 4.90 Å². The number of aliphatic hydroxyl groups is 1. The Morgan fingerprint density at radius 3 is 2.60 bits per heavy atom. The van der Waals surface area contributed by atoms with Crippen LogP contribution in [0.1, 0.15) is 44.1 Å². The number of halogens is 2. The normalized spacial score (nSPS) is 24.8. The van der Waals surface area contributed by atoms with E-state index in [1.807, 2.05) is 0 Å². The van der Waals surface area contributed by atoms with Gasteiger partial charge < -0.3 is 14.7 Å². The molecule has 1 heterocycles. The van der Waals surface area contributed by atoms with Gasteiger partial charge in [-0.25, -0.2) is 4.18 Å². The second-order valence-electron chi connectivity index (χ2n) is 8.02. The van der Waals surface area contributed by atoms with Crippen LogP contribution in [0.25, 0.3) is 0 Å². The Morgan fingerprint density at radius 1 is 1.27 bits per heavy atom. The Kier molecular flexibility index (Phi) is 7.69. The molecule has 1 aromatic rings. The van der Waals surface area contributed by atoms with Gasteiger partial charge >= 0.3 is 0 Å². The predicted octanol–water partition coefficient (Wildman–Crippen LogP) is 3.31. The molecule has 10 heteroatoms. The van der Waals surface area contributed by atoms with Gasteiger partial charge in [0.15, 0.2) is 11.9 Å². The van der Waals surface area contributed by atoms with E-state index in [-0.39, 0.29) is 17.5 Å². The molecule has 2 aliphatic rings. The van der Waals surface area contributed by atoms with Crippen molar-refractivity contribution in [2.75, 3.05) is 26.0 Å². The van der Waals surface area contributed by atoms with Crippen molar-refractivity contribution < 1.29 is 27.2 Å². The molecular weight excluding hydrogens is 453 g/mol. The molecule has 1 aromatic carbocycles. The van der Waals surface area contributed by atoms with Gasteiger partial charge in [0.2, 0.25) is 0 Å². The number of rotatable bonds is 7. The number of carbonyl (C=O) groups excluding carboxylic acids is 1. The van der Waals surface area contributed by atoms with Gasteiger partial charge in [0.1, 0.15) is 0 Å². The molecule has 1 aliphatic heterocycles. The molecule has 1 amide bonds. The van der Waals surface area contributed by atoms with Gasteiger partial charge in [-0.2, -0.15) is 8.42 Å². The lowest BCUT2D eigenvalue weighted by molar-refractivity contribution is -0.188. The highest BCUT2D eigenvalue weighted by atomic mass is 35.5. The van der Waals surface area contributed by atoms with E-state index in [4.69, 9.17) is 32.1 Å². The molecule has 168 valence electrons. The summed E-state index contributed by atoms with van der Waals surface area (Å²) in [5.74, 6) is 0.0818. The number of hydrogen-bond acceptors (Lipinski definition) is 6. The maximum Gasteiger partial charge on any atom is 0.266 e. The Balaban J connectivity index is 1.92. The summed E-state index contributed by atoms with van der Waals surface area (Å²) in [5, 5.41) is 10.8. The molecule has 1 saturated carbocycles. The average Bonchev–Trinajstić information content (AvgIpc) is 2.66. The molecule has 1 aliphatic carbocycles. The molecule has 30 heavy (non-hydrogen) atoms. The van der Waals surface area contributed by atoms with E-state index < -0.39 is 28.4 Å². The number of carbonyl (C=O) groups is 1. The number of amides is 1. The van der Waals surface area contributed by atoms with E-state index in [0.717, 1.165) is 31.9 Å². The van der Waals surface area contributed by atoms with Crippen molar-refractivity contribution in [3.63, 3.8) is 0 Å². The number of aliphatic hydroxyl groups excluding tert-OH is 1. The Hall–Kier alpha value is -0.900. The molecule has 0 spiro atoms. The van der Waals surface area contributed by atoms with Gasteiger partial charge in [-0.05, 0) is 36.5 Å². The minimum Gasteiger partial charge on any atom is -0.367 e. The summed E-state index contributed by atoms with van der Waals surface area (Å²) in [6, 6.07) is 4.66. The van der Waals surface area contributed by atoms with Crippen LogP contribution in [0, 0.1) is 5.92 Å². The van der Waals surface area contributed by atoms with Gasteiger partial charge in [0.05, 0.1) is 22.9 Å². The van der Waals surface area contributed by atoms with E-state index in [1.54, 1.807) is 17.0 Å². The number of hydrogen-bond donors (Lipinski definition) is 1. The average molecular weight is 480 g/mol. The summed E-state index contributed by atoms with van der Waals surface area (Å²) in [4.78, 5) is 15.4. The van der Waals surface area contributed by atoms with Crippen molar-refractivity contribution in [2.24, 2.45) is 5.92 Å². The predicted molar refractivity (Wildman–Crippen MR) is 114 cm³/mol. The molecule has 2 atom stereocenters. The summed E-state index contributed by atoms with van der Waals surface area (Å²) in [5.41, 5.74) is -1.22. The van der Waals surface area contributed by atoms with Crippen LogP contribution in [0.2, 0.25) is 10.0 Å². The minimum atomic E-state index is -3.93. The van der Waals surface area contributed by atoms with E-state index in [0.29, 0.717) is 29.6 Å². The fourth-order valence-corrected chi connectivity index (χ4v) is 5.07. The lowest BCUT2D eigenvalue weighted by Crippen LogP contribution is -2.57. The van der Waals surface area contributed by atoms with Gasteiger partial charge in [0, 0.05) is 19.5 Å². The SMILES string of the molecule is CS(=O)(=O)OC(O)CC1(c2ccc(Cl)c(Cl)c2)OCCN(CC2CCCCC2)C1=O. The highest BCUT2D eigenvalue weighted by Crippen LogP contribution is 2.39. The van der Waals surface area contributed by atoms with E-state index in [9.17, 15) is 18.3 Å². The summed E-state index contributed by atoms with van der Waals surface area (Å²) < 4.78 is 33.6. The van der Waals surface area contributed by atoms with Gasteiger partial charge in [0.25, 0.3) is 16.0 Å². The monoisotopic (exact) mass is 479 g/mol. The van der Waals surface area contributed by atoms with Gasteiger partial charge in [-0.3, -0.25) is 4.79 Å². The van der Waals surface area contributed by atoms with Crippen LogP contribution in [0.5, 0.6) is 0 Å². The smallest absolute Gasteiger partial charge is 0.266 e. The zero-order valence-corrected chi connectivity index (χ0v) is 19.2. The van der Waals surface area contributed by atoms with Gasteiger partial charge in [-0.1, -0.05) is 48.5 Å². The first-order chi connectivity index (χ1) is 14.1. The Bertz CT molecular complexity index is 874. The maximum atomic E-state index is 13.6. The molecule has 3 rings (SSSR count). The third kappa shape index (κ3) is 5.66. The molecule has 2 unspecified atom stereocenters. The summed E-state index contributed by atoms with van der Waals surface area (Å²) in [6.45, 7) is 1.28. The van der Waals surface area contributed by atoms with Crippen LogP contribution in [0.15, 0.2) is 18.2 Å². The molecule has 0 radical (unpaired) electrons. The fraction of sp³-hybridized carbons (Fsp3) is 0.650. The van der Waals surface area contributed by atoms with Crippen molar-refractivity contribution >= 4 is 39.2 Å². The zero-order valence-electron chi connectivity index (χ0n) is 16.9. The quantitative estimate of drug-likeness (QED) is 0.476. The summed E-state index contributed by atoms with van der Waals surface area (Å²) >= 11 is 12.2. The van der Waals surface area contributed by atoms with Crippen molar-refractivity contribution in [1.29, 1.82) is 0 Å². The minimum absolute atomic E-state index is 0.230. The lowest BCUT2D eigenvalue weighted by Gasteiger charge is -2.44. The number of ether oxygens (including phenoxy) is 1. The number of benzene rings is 1. The summed E-state index contributed by atoms with van der Waals surface area (Å²) in [7, 11) is -3.93. The third-order valence-corrected chi connectivity index (χ3v) is 6.99. The highest BCUT2D eigenvalue weighted by molar-refractivity contribution is 7.86. The van der Waals surface area contributed by atoms with Crippen LogP contribution in [0.4, 0.5) is 0 Å². The molecule has 1 N–H and O–H groups in total. The molecule has 0 bridgehead atoms. The van der Waals surface area contributed by atoms with E-state index in [2.05, 4.69) is 0 Å². The third-order valence-electron chi connectivity index (χ3n) is 5.68. The van der Waals surface area contributed by atoms with Crippen LogP contribution in [-0.2, 0) is 29.4 Å². The van der Waals surface area contributed by atoms with Crippen molar-refractivity contribution in [2.45, 2.75) is 50.4 Å². The van der Waals surface area contributed by atoms with Crippen LogP contribution < -0.4 is 0 Å². The second-order valence-corrected chi connectivity index (χ2v) is 10.4. The highest BCUT2D eigenvalue weighted by Gasteiger charge is 2.49. The van der Waals surface area contributed by atoms with Crippen LogP contribution >= 0.6 is 23.2 Å². The summed E-state index contributed by atoms with van der Waals surface area (Å²) in [6.07, 6.45) is 4.36. The molecule has 2 fully saturated rings. The standard InChI is InChI=1S/C20H27Cl2NO6S/c1-30(26,27)29-18(24)12-20(15-7-8-16(21)17(22)11-15)19(25)23(9-10-28-20)13-14-5-3-2-4-6-14/h7-8,11,14,18,24H,2-6,9-10,12-13H2,1H3. The fourth-order valence-electron chi connectivity index (χ4n) is 4.30. The Labute approximate surface area is 187 Å². The Morgan fingerprint density at radius 2 is 1.97 bits per heavy atom. The van der Waals surface area contributed by atoms with Crippen molar-refractivity contribution in [3.8, 4) is 0 Å². The van der Waals surface area contributed by atoms with Crippen LogP contribution in [0.3, 0.4) is 0 Å². The van der Waals surface area contributed by atoms with Crippen LogP contribution in [-0.4, -0.2) is 56.6 Å². The maximum absolute atomic E-state index is 13.6. The molecule has 0 aromatic heterocycles. The second kappa shape index (κ2) is 9.71. The van der Waals surface area contributed by atoms with E-state index >= 15 is 0 Å². The van der Waals surface area contributed by atoms with Gasteiger partial charge in [-0.15, -0.1) is 0 Å². The number of morpholine rings is 1. The molecule has 7 nitrogen and oxygen atoms in total. The number of nitrogens with zero attached hydrogens (tertiary/aromatic N) is 1. The largest absolute Gasteiger partial charge is 0.367 e. The van der Waals surface area contributed by atoms with E-state index in [1.165, 1.54) is 12.5 Å². The zero-order chi connectivity index (χ0) is 21.9. The molecular formula is C20H27Cl2NO6S. The first kappa shape index (κ1) is 23.8. The topological polar surface area (TPSA) is 93.1 Å². The first-order valence-electron chi connectivity index (χ1n) is 10.1.